The summed E-state index contributed by atoms with van der Waals surface area (Å²) in [5.74, 6) is 0.180. The first kappa shape index (κ1) is 14.0. The molecule has 0 amide bonds. The van der Waals surface area contributed by atoms with Crippen molar-refractivity contribution in [1.82, 2.24) is 4.90 Å². The van der Waals surface area contributed by atoms with Crippen molar-refractivity contribution in [2.45, 2.75) is 13.0 Å². The molecule has 0 aliphatic carbocycles. The lowest BCUT2D eigenvalue weighted by molar-refractivity contribution is 0.287. The van der Waals surface area contributed by atoms with Crippen LogP contribution in [0, 0.1) is 5.82 Å². The second-order valence-corrected chi connectivity index (χ2v) is 7.69. The number of sulfone groups is 1. The molecule has 3 nitrogen and oxygen atoms in total. The Hall–Kier alpha value is -0.460. The molecule has 0 radical (unpaired) electrons. The van der Waals surface area contributed by atoms with Gasteiger partial charge in [0.15, 0.2) is 9.84 Å². The zero-order chi connectivity index (χ0) is 13.2. The number of rotatable bonds is 2. The molecule has 0 spiro atoms. The molecule has 0 aromatic heterocycles. The summed E-state index contributed by atoms with van der Waals surface area (Å²) in [4.78, 5) is 2.06. The molecule has 0 atom stereocenters. The lowest BCUT2D eigenvalue weighted by Crippen LogP contribution is -2.26. The summed E-state index contributed by atoms with van der Waals surface area (Å²) >= 11 is 3.11. The molecule has 2 rings (SSSR count). The van der Waals surface area contributed by atoms with Gasteiger partial charge in [-0.05, 0) is 46.6 Å². The number of nitrogens with zero attached hydrogens (tertiary/aromatic N) is 1. The molecule has 1 aromatic rings. The van der Waals surface area contributed by atoms with Gasteiger partial charge in [0.05, 0.1) is 16.0 Å². The van der Waals surface area contributed by atoms with E-state index in [1.54, 1.807) is 6.07 Å². The van der Waals surface area contributed by atoms with Crippen LogP contribution in [-0.2, 0) is 16.4 Å². The number of hydrogen-bond donors (Lipinski definition) is 0. The molecule has 6 heteroatoms. The van der Waals surface area contributed by atoms with Crippen LogP contribution in [0.15, 0.2) is 22.7 Å². The van der Waals surface area contributed by atoms with Crippen LogP contribution in [0.4, 0.5) is 4.39 Å². The van der Waals surface area contributed by atoms with Gasteiger partial charge >= 0.3 is 0 Å². The summed E-state index contributed by atoms with van der Waals surface area (Å²) in [5.41, 5.74) is 0.870. The fraction of sp³-hybridized carbons (Fsp3) is 0.500. The monoisotopic (exact) mass is 335 g/mol. The Morgan fingerprint density at radius 1 is 1.28 bits per heavy atom. The lowest BCUT2D eigenvalue weighted by Gasteiger charge is -2.19. The van der Waals surface area contributed by atoms with E-state index in [0.29, 0.717) is 24.0 Å². The van der Waals surface area contributed by atoms with E-state index < -0.39 is 9.84 Å². The number of benzene rings is 1. The van der Waals surface area contributed by atoms with Crippen molar-refractivity contribution >= 4 is 25.8 Å². The molecule has 1 heterocycles. The lowest BCUT2D eigenvalue weighted by atomic mass is 10.2. The minimum atomic E-state index is -2.88. The molecule has 100 valence electrons. The first-order chi connectivity index (χ1) is 8.46. The van der Waals surface area contributed by atoms with Crippen LogP contribution in [0.1, 0.15) is 12.0 Å². The van der Waals surface area contributed by atoms with Gasteiger partial charge in [-0.1, -0.05) is 6.07 Å². The highest BCUT2D eigenvalue weighted by Gasteiger charge is 2.19. The standard InChI is InChI=1S/C12H15BrFNO2S/c13-11-3-2-10(8-12(11)14)9-15-4-1-6-18(16,17)7-5-15/h2-3,8H,1,4-7,9H2. The third-order valence-electron chi connectivity index (χ3n) is 3.04. The Kier molecular flexibility index (Phi) is 4.40. The minimum absolute atomic E-state index is 0.200. The number of hydrogen-bond acceptors (Lipinski definition) is 3. The van der Waals surface area contributed by atoms with E-state index in [0.717, 1.165) is 12.1 Å². The van der Waals surface area contributed by atoms with Gasteiger partial charge < -0.3 is 0 Å². The molecule has 0 unspecified atom stereocenters. The Labute approximate surface area is 115 Å². The zero-order valence-electron chi connectivity index (χ0n) is 9.90. The van der Waals surface area contributed by atoms with Gasteiger partial charge in [0.25, 0.3) is 0 Å². The second-order valence-electron chi connectivity index (χ2n) is 4.53. The highest BCUT2D eigenvalue weighted by molar-refractivity contribution is 9.10. The van der Waals surface area contributed by atoms with E-state index in [2.05, 4.69) is 20.8 Å². The van der Waals surface area contributed by atoms with Crippen LogP contribution < -0.4 is 0 Å². The van der Waals surface area contributed by atoms with Crippen LogP contribution in [0.5, 0.6) is 0 Å². The van der Waals surface area contributed by atoms with Crippen molar-refractivity contribution in [2.75, 3.05) is 24.6 Å². The molecule has 0 saturated carbocycles. The highest BCUT2D eigenvalue weighted by Crippen LogP contribution is 2.18. The van der Waals surface area contributed by atoms with Gasteiger partial charge in [0.2, 0.25) is 0 Å². The first-order valence-corrected chi connectivity index (χ1v) is 8.44. The first-order valence-electron chi connectivity index (χ1n) is 5.83. The van der Waals surface area contributed by atoms with Crippen molar-refractivity contribution in [2.24, 2.45) is 0 Å². The summed E-state index contributed by atoms with van der Waals surface area (Å²) in [5, 5.41) is 0. The van der Waals surface area contributed by atoms with Crippen molar-refractivity contribution in [3.8, 4) is 0 Å². The second kappa shape index (κ2) is 5.67. The molecule has 0 bridgehead atoms. The third kappa shape index (κ3) is 3.76. The van der Waals surface area contributed by atoms with Gasteiger partial charge in [-0.3, -0.25) is 4.90 Å². The summed E-state index contributed by atoms with van der Waals surface area (Å²) in [6.07, 6.45) is 0.654. The maximum absolute atomic E-state index is 13.4. The predicted octanol–water partition coefficient (Wildman–Crippen LogP) is 2.21. The predicted molar refractivity (Wildman–Crippen MR) is 72.6 cm³/mol. The van der Waals surface area contributed by atoms with Crippen LogP contribution in [0.3, 0.4) is 0 Å². The van der Waals surface area contributed by atoms with Crippen molar-refractivity contribution in [1.29, 1.82) is 0 Å². The van der Waals surface area contributed by atoms with E-state index in [-0.39, 0.29) is 17.3 Å². The van der Waals surface area contributed by atoms with Crippen LogP contribution >= 0.6 is 15.9 Å². The molecule has 18 heavy (non-hydrogen) atoms. The number of halogens is 2. The summed E-state index contributed by atoms with van der Waals surface area (Å²) in [7, 11) is -2.88. The molecule has 1 aliphatic rings. The molecule has 1 aliphatic heterocycles. The smallest absolute Gasteiger partial charge is 0.151 e. The van der Waals surface area contributed by atoms with Crippen molar-refractivity contribution < 1.29 is 12.8 Å². The van der Waals surface area contributed by atoms with E-state index in [1.165, 1.54) is 6.07 Å². The fourth-order valence-corrected chi connectivity index (χ4v) is 3.60. The average molecular weight is 336 g/mol. The highest BCUT2D eigenvalue weighted by atomic mass is 79.9. The summed E-state index contributed by atoms with van der Waals surface area (Å²) in [6.45, 7) is 1.87. The van der Waals surface area contributed by atoms with Crippen LogP contribution in [0.2, 0.25) is 0 Å². The molecule has 1 fully saturated rings. The van der Waals surface area contributed by atoms with Gasteiger partial charge in [0, 0.05) is 13.1 Å². The van der Waals surface area contributed by atoms with Crippen LogP contribution in [0.25, 0.3) is 0 Å². The zero-order valence-corrected chi connectivity index (χ0v) is 12.3. The van der Waals surface area contributed by atoms with Crippen LogP contribution in [-0.4, -0.2) is 37.9 Å². The molecular formula is C12H15BrFNO2S. The molecule has 1 aromatic carbocycles. The maximum Gasteiger partial charge on any atom is 0.151 e. The Bertz CT molecular complexity index is 533. The van der Waals surface area contributed by atoms with E-state index in [4.69, 9.17) is 0 Å². The van der Waals surface area contributed by atoms with Gasteiger partial charge in [-0.15, -0.1) is 0 Å². The molecular weight excluding hydrogens is 321 g/mol. The normalized spacial score (nSPS) is 20.6. The SMILES string of the molecule is O=S1(=O)CCCN(Cc2ccc(Br)c(F)c2)CC1. The van der Waals surface area contributed by atoms with Crippen molar-refractivity contribution in [3.63, 3.8) is 0 Å². The van der Waals surface area contributed by atoms with E-state index >= 15 is 0 Å². The average Bonchev–Trinajstić information content (AvgIpc) is 2.46. The summed E-state index contributed by atoms with van der Waals surface area (Å²) in [6, 6.07) is 5.02. The Morgan fingerprint density at radius 2 is 2.06 bits per heavy atom. The fourth-order valence-electron chi connectivity index (χ4n) is 2.04. The maximum atomic E-state index is 13.4. The topological polar surface area (TPSA) is 37.4 Å². The minimum Gasteiger partial charge on any atom is -0.298 e. The Morgan fingerprint density at radius 3 is 2.78 bits per heavy atom. The largest absolute Gasteiger partial charge is 0.298 e. The van der Waals surface area contributed by atoms with Gasteiger partial charge in [0.1, 0.15) is 5.82 Å². The quantitative estimate of drug-likeness (QED) is 0.831. The van der Waals surface area contributed by atoms with E-state index in [9.17, 15) is 12.8 Å². The summed E-state index contributed by atoms with van der Waals surface area (Å²) < 4.78 is 36.8. The van der Waals surface area contributed by atoms with E-state index in [1.807, 2.05) is 6.07 Å². The van der Waals surface area contributed by atoms with Gasteiger partial charge in [-0.2, -0.15) is 0 Å². The Balaban J connectivity index is 2.03. The molecule has 1 saturated heterocycles. The molecule has 0 N–H and O–H groups in total. The van der Waals surface area contributed by atoms with Gasteiger partial charge in [-0.25, -0.2) is 12.8 Å². The third-order valence-corrected chi connectivity index (χ3v) is 5.40. The van der Waals surface area contributed by atoms with Crippen molar-refractivity contribution in [3.05, 3.63) is 34.1 Å².